The fourth-order valence-corrected chi connectivity index (χ4v) is 3.12. The van der Waals surface area contributed by atoms with Gasteiger partial charge in [-0.1, -0.05) is 6.92 Å². The van der Waals surface area contributed by atoms with Crippen molar-refractivity contribution in [1.29, 1.82) is 0 Å². The Morgan fingerprint density at radius 3 is 2.37 bits per heavy atom. The smallest absolute Gasteiger partial charge is 0.239 e. The zero-order valence-corrected chi connectivity index (χ0v) is 13.2. The summed E-state index contributed by atoms with van der Waals surface area (Å²) in [5.41, 5.74) is 0. The van der Waals surface area contributed by atoms with E-state index in [0.29, 0.717) is 17.9 Å². The molecule has 0 bridgehead atoms. The van der Waals surface area contributed by atoms with Crippen LogP contribution < -0.4 is 5.32 Å². The zero-order chi connectivity index (χ0) is 13.1. The van der Waals surface area contributed by atoms with Gasteiger partial charge in [0.1, 0.15) is 0 Å². The Balaban J connectivity index is 0.00000180. The highest BCUT2D eigenvalue weighted by Gasteiger charge is 2.31. The molecule has 2 aliphatic rings. The molecule has 2 atom stereocenters. The monoisotopic (exact) mass is 289 g/mol. The van der Waals surface area contributed by atoms with Crippen molar-refractivity contribution >= 4 is 18.3 Å². The maximum atomic E-state index is 12.4. The van der Waals surface area contributed by atoms with Crippen LogP contribution in [0, 0.1) is 5.92 Å². The molecular formula is C14H28ClN3O. The maximum Gasteiger partial charge on any atom is 0.239 e. The number of nitrogens with one attached hydrogen (secondary N) is 1. The third-order valence-corrected chi connectivity index (χ3v) is 4.47. The molecule has 2 saturated heterocycles. The van der Waals surface area contributed by atoms with Crippen LogP contribution in [0.3, 0.4) is 0 Å². The fraction of sp³-hybridized carbons (Fsp3) is 0.929. The molecule has 0 aromatic carbocycles. The lowest BCUT2D eigenvalue weighted by atomic mass is 9.93. The van der Waals surface area contributed by atoms with E-state index in [4.69, 9.17) is 0 Å². The van der Waals surface area contributed by atoms with Gasteiger partial charge in [0.05, 0.1) is 6.04 Å². The van der Waals surface area contributed by atoms with Gasteiger partial charge in [-0.2, -0.15) is 0 Å². The summed E-state index contributed by atoms with van der Waals surface area (Å²) in [6.45, 7) is 5.09. The van der Waals surface area contributed by atoms with Crippen molar-refractivity contribution in [1.82, 2.24) is 15.1 Å². The van der Waals surface area contributed by atoms with E-state index in [1.165, 1.54) is 6.42 Å². The Kier molecular flexibility index (Phi) is 6.57. The van der Waals surface area contributed by atoms with Gasteiger partial charge in [0.2, 0.25) is 5.91 Å². The summed E-state index contributed by atoms with van der Waals surface area (Å²) in [6, 6.07) is 0.719. The molecule has 0 saturated carbocycles. The van der Waals surface area contributed by atoms with Crippen LogP contribution in [0.2, 0.25) is 0 Å². The first-order valence-corrected chi connectivity index (χ1v) is 7.26. The number of likely N-dealkylation sites (tertiary alicyclic amines) is 1. The van der Waals surface area contributed by atoms with Crippen molar-refractivity contribution in [3.63, 3.8) is 0 Å². The van der Waals surface area contributed by atoms with Gasteiger partial charge in [0, 0.05) is 19.1 Å². The summed E-state index contributed by atoms with van der Waals surface area (Å²) in [7, 11) is 4.26. The number of piperidine rings is 2. The van der Waals surface area contributed by atoms with Gasteiger partial charge >= 0.3 is 0 Å². The first-order valence-electron chi connectivity index (χ1n) is 7.26. The number of halogens is 1. The van der Waals surface area contributed by atoms with Crippen LogP contribution in [0.25, 0.3) is 0 Å². The van der Waals surface area contributed by atoms with Crippen LogP contribution in [-0.4, -0.2) is 61.5 Å². The quantitative estimate of drug-likeness (QED) is 0.834. The third-order valence-electron chi connectivity index (χ3n) is 4.47. The number of rotatable bonds is 2. The molecule has 2 unspecified atom stereocenters. The first-order chi connectivity index (χ1) is 8.58. The molecular weight excluding hydrogens is 262 g/mol. The van der Waals surface area contributed by atoms with Gasteiger partial charge in [-0.05, 0) is 52.2 Å². The second kappa shape index (κ2) is 7.46. The third kappa shape index (κ3) is 4.33. The zero-order valence-electron chi connectivity index (χ0n) is 12.4. The minimum atomic E-state index is 0. The second-order valence-corrected chi connectivity index (χ2v) is 6.16. The molecule has 0 spiro atoms. The summed E-state index contributed by atoms with van der Waals surface area (Å²) >= 11 is 0. The molecule has 0 aromatic rings. The lowest BCUT2D eigenvalue weighted by Crippen LogP contribution is -2.53. The van der Waals surface area contributed by atoms with E-state index in [1.807, 2.05) is 0 Å². The highest BCUT2D eigenvalue weighted by Crippen LogP contribution is 2.20. The van der Waals surface area contributed by atoms with Crippen LogP contribution >= 0.6 is 12.4 Å². The summed E-state index contributed by atoms with van der Waals surface area (Å²) in [6.07, 6.45) is 4.43. The SMILES string of the molecule is CC1CCNC(C(=O)N2CCC(N(C)C)CC2)C1.Cl. The van der Waals surface area contributed by atoms with Crippen LogP contribution in [0.1, 0.15) is 32.6 Å². The molecule has 2 rings (SSSR count). The van der Waals surface area contributed by atoms with E-state index >= 15 is 0 Å². The Morgan fingerprint density at radius 2 is 1.84 bits per heavy atom. The topological polar surface area (TPSA) is 35.6 Å². The van der Waals surface area contributed by atoms with E-state index in [2.05, 4.69) is 36.1 Å². The Hall–Kier alpha value is -0.320. The van der Waals surface area contributed by atoms with Crippen LogP contribution in [0.15, 0.2) is 0 Å². The van der Waals surface area contributed by atoms with Crippen molar-refractivity contribution in [2.24, 2.45) is 5.92 Å². The van der Waals surface area contributed by atoms with Gasteiger partial charge in [-0.25, -0.2) is 0 Å². The van der Waals surface area contributed by atoms with Crippen LogP contribution in [0.4, 0.5) is 0 Å². The second-order valence-electron chi connectivity index (χ2n) is 6.16. The van der Waals surface area contributed by atoms with E-state index in [9.17, 15) is 4.79 Å². The summed E-state index contributed by atoms with van der Waals surface area (Å²) < 4.78 is 0. The molecule has 1 amide bonds. The van der Waals surface area contributed by atoms with Crippen molar-refractivity contribution in [2.45, 2.75) is 44.7 Å². The Labute approximate surface area is 123 Å². The minimum absolute atomic E-state index is 0. The standard InChI is InChI=1S/C14H27N3O.ClH/c1-11-4-7-15-13(10-11)14(18)17-8-5-12(6-9-17)16(2)3;/h11-13,15H,4-10H2,1-3H3;1H. The minimum Gasteiger partial charge on any atom is -0.341 e. The maximum absolute atomic E-state index is 12.4. The predicted molar refractivity (Wildman–Crippen MR) is 80.7 cm³/mol. The lowest BCUT2D eigenvalue weighted by Gasteiger charge is -2.38. The molecule has 0 aliphatic carbocycles. The van der Waals surface area contributed by atoms with Gasteiger partial charge in [-0.3, -0.25) is 4.79 Å². The summed E-state index contributed by atoms with van der Waals surface area (Å²) in [5.74, 6) is 1.01. The largest absolute Gasteiger partial charge is 0.341 e. The number of carbonyl (C=O) groups is 1. The molecule has 2 heterocycles. The molecule has 1 N–H and O–H groups in total. The molecule has 19 heavy (non-hydrogen) atoms. The molecule has 112 valence electrons. The number of nitrogens with zero attached hydrogens (tertiary/aromatic N) is 2. The van der Waals surface area contributed by atoms with Gasteiger partial charge in [-0.15, -0.1) is 12.4 Å². The van der Waals surface area contributed by atoms with Gasteiger partial charge in [0.25, 0.3) is 0 Å². The number of carbonyl (C=O) groups excluding carboxylic acids is 1. The van der Waals surface area contributed by atoms with Crippen molar-refractivity contribution in [3.8, 4) is 0 Å². The van der Waals surface area contributed by atoms with Gasteiger partial charge < -0.3 is 15.1 Å². The van der Waals surface area contributed by atoms with Crippen LogP contribution in [-0.2, 0) is 4.79 Å². The highest BCUT2D eigenvalue weighted by molar-refractivity contribution is 5.85. The van der Waals surface area contributed by atoms with E-state index < -0.39 is 0 Å². The average molecular weight is 290 g/mol. The molecule has 5 heteroatoms. The first kappa shape index (κ1) is 16.7. The molecule has 2 aliphatic heterocycles. The lowest BCUT2D eigenvalue weighted by molar-refractivity contribution is -0.135. The van der Waals surface area contributed by atoms with E-state index in [-0.39, 0.29) is 18.4 Å². The fourth-order valence-electron chi connectivity index (χ4n) is 3.12. The molecule has 0 radical (unpaired) electrons. The van der Waals surface area contributed by atoms with Crippen molar-refractivity contribution in [3.05, 3.63) is 0 Å². The molecule has 0 aromatic heterocycles. The molecule has 4 nitrogen and oxygen atoms in total. The Bertz CT molecular complexity index is 290. The average Bonchev–Trinajstić information content (AvgIpc) is 2.38. The summed E-state index contributed by atoms with van der Waals surface area (Å²) in [4.78, 5) is 16.8. The molecule has 2 fully saturated rings. The number of hydrogen-bond donors (Lipinski definition) is 1. The summed E-state index contributed by atoms with van der Waals surface area (Å²) in [5, 5.41) is 3.38. The Morgan fingerprint density at radius 1 is 1.21 bits per heavy atom. The normalized spacial score (nSPS) is 29.2. The van der Waals surface area contributed by atoms with E-state index in [0.717, 1.165) is 38.9 Å². The predicted octanol–water partition coefficient (Wildman–Crippen LogP) is 1.35. The number of amides is 1. The van der Waals surface area contributed by atoms with Crippen LogP contribution in [0.5, 0.6) is 0 Å². The van der Waals surface area contributed by atoms with E-state index in [1.54, 1.807) is 0 Å². The highest BCUT2D eigenvalue weighted by atomic mass is 35.5. The van der Waals surface area contributed by atoms with Crippen molar-refractivity contribution in [2.75, 3.05) is 33.7 Å². The van der Waals surface area contributed by atoms with Gasteiger partial charge in [0.15, 0.2) is 0 Å². The number of hydrogen-bond acceptors (Lipinski definition) is 3. The van der Waals surface area contributed by atoms with Crippen molar-refractivity contribution < 1.29 is 4.79 Å².